The molecule has 2 heterocycles. The number of aliphatic imine (C=N–C) groups is 1. The first-order valence-electron chi connectivity index (χ1n) is 9.40. The predicted molar refractivity (Wildman–Crippen MR) is 126 cm³/mol. The summed E-state index contributed by atoms with van der Waals surface area (Å²) < 4.78 is 5.65. The standard InChI is InChI=1S/C18H34N6OS.HI/c1-14(2)25-11-10-24-8-6-15(7-9-24)21-17(19-3)20-12-16-13-26-18(22-16)23(4)5;/h13-15H,6-12H2,1-5H3,(H2,19,20,21);1H. The predicted octanol–water partition coefficient (Wildman–Crippen LogP) is 2.38. The van der Waals surface area contributed by atoms with Gasteiger partial charge in [0.25, 0.3) is 0 Å². The summed E-state index contributed by atoms with van der Waals surface area (Å²) in [5.74, 6) is 0.853. The summed E-state index contributed by atoms with van der Waals surface area (Å²) in [6.45, 7) is 8.92. The molecule has 0 atom stereocenters. The van der Waals surface area contributed by atoms with Gasteiger partial charge in [-0.15, -0.1) is 35.3 Å². The minimum absolute atomic E-state index is 0. The maximum absolute atomic E-state index is 5.65. The maximum Gasteiger partial charge on any atom is 0.191 e. The molecule has 7 nitrogen and oxygen atoms in total. The van der Waals surface area contributed by atoms with Crippen LogP contribution >= 0.6 is 35.3 Å². The van der Waals surface area contributed by atoms with Crippen LogP contribution in [0.15, 0.2) is 10.4 Å². The minimum Gasteiger partial charge on any atom is -0.377 e. The Balaban J connectivity index is 0.00000364. The summed E-state index contributed by atoms with van der Waals surface area (Å²) in [7, 11) is 5.84. The first-order chi connectivity index (χ1) is 12.5. The number of ether oxygens (including phenoxy) is 1. The van der Waals surface area contributed by atoms with E-state index in [2.05, 4.69) is 44.7 Å². The van der Waals surface area contributed by atoms with Crippen molar-refractivity contribution in [2.45, 2.75) is 45.4 Å². The molecule has 1 aromatic heterocycles. The van der Waals surface area contributed by atoms with E-state index in [1.54, 1.807) is 11.3 Å². The fourth-order valence-corrected chi connectivity index (χ4v) is 3.62. The molecule has 0 aromatic carbocycles. The van der Waals surface area contributed by atoms with E-state index in [9.17, 15) is 0 Å². The van der Waals surface area contributed by atoms with Crippen LogP contribution in [0.2, 0.25) is 0 Å². The van der Waals surface area contributed by atoms with Gasteiger partial charge in [0, 0.05) is 52.2 Å². The average Bonchev–Trinajstić information content (AvgIpc) is 3.09. The molecular weight excluding hydrogens is 475 g/mol. The molecule has 0 amide bonds. The number of hydrogen-bond donors (Lipinski definition) is 2. The lowest BCUT2D eigenvalue weighted by Crippen LogP contribution is -2.49. The molecule has 0 bridgehead atoms. The van der Waals surface area contributed by atoms with Crippen LogP contribution in [-0.4, -0.2) is 75.4 Å². The number of hydrogen-bond acceptors (Lipinski definition) is 6. The molecule has 1 fully saturated rings. The molecule has 2 rings (SSSR count). The van der Waals surface area contributed by atoms with Gasteiger partial charge in [0.15, 0.2) is 11.1 Å². The summed E-state index contributed by atoms with van der Waals surface area (Å²) in [6.07, 6.45) is 2.57. The Morgan fingerprint density at radius 3 is 2.67 bits per heavy atom. The van der Waals surface area contributed by atoms with E-state index >= 15 is 0 Å². The van der Waals surface area contributed by atoms with E-state index in [1.807, 2.05) is 26.0 Å². The fourth-order valence-electron chi connectivity index (χ4n) is 2.86. The lowest BCUT2D eigenvalue weighted by atomic mass is 10.1. The zero-order valence-electron chi connectivity index (χ0n) is 17.2. The highest BCUT2D eigenvalue weighted by molar-refractivity contribution is 14.0. The molecule has 2 N–H and O–H groups in total. The zero-order chi connectivity index (χ0) is 18.9. The van der Waals surface area contributed by atoms with Crippen LogP contribution < -0.4 is 15.5 Å². The number of aromatic nitrogens is 1. The van der Waals surface area contributed by atoms with Gasteiger partial charge in [0.05, 0.1) is 24.9 Å². The summed E-state index contributed by atoms with van der Waals surface area (Å²) >= 11 is 1.66. The monoisotopic (exact) mass is 510 g/mol. The molecular formula is C18H35IN6OS. The highest BCUT2D eigenvalue weighted by atomic mass is 127. The number of guanidine groups is 1. The topological polar surface area (TPSA) is 65.0 Å². The van der Waals surface area contributed by atoms with Crippen molar-refractivity contribution in [3.05, 3.63) is 11.1 Å². The van der Waals surface area contributed by atoms with Gasteiger partial charge in [-0.3, -0.25) is 4.99 Å². The van der Waals surface area contributed by atoms with Gasteiger partial charge in [-0.1, -0.05) is 0 Å². The Hall–Kier alpha value is -0.650. The van der Waals surface area contributed by atoms with Crippen molar-refractivity contribution < 1.29 is 4.74 Å². The normalized spacial score (nSPS) is 16.3. The number of rotatable bonds is 8. The molecule has 0 unspecified atom stereocenters. The third-order valence-electron chi connectivity index (χ3n) is 4.37. The van der Waals surface area contributed by atoms with Crippen molar-refractivity contribution in [2.24, 2.45) is 4.99 Å². The molecule has 1 aromatic rings. The van der Waals surface area contributed by atoms with Gasteiger partial charge in [-0.2, -0.15) is 0 Å². The minimum atomic E-state index is 0. The van der Waals surface area contributed by atoms with Crippen LogP contribution in [0.4, 0.5) is 5.13 Å². The third-order valence-corrected chi connectivity index (χ3v) is 5.43. The molecule has 0 spiro atoms. The van der Waals surface area contributed by atoms with Gasteiger partial charge in [-0.25, -0.2) is 4.98 Å². The average molecular weight is 510 g/mol. The first kappa shape index (κ1) is 24.4. The Morgan fingerprint density at radius 1 is 1.41 bits per heavy atom. The Labute approximate surface area is 185 Å². The van der Waals surface area contributed by atoms with Gasteiger partial charge in [0.1, 0.15) is 0 Å². The number of thiazole rings is 1. The van der Waals surface area contributed by atoms with Crippen molar-refractivity contribution in [1.82, 2.24) is 20.5 Å². The van der Waals surface area contributed by atoms with Gasteiger partial charge >= 0.3 is 0 Å². The molecule has 1 saturated heterocycles. The smallest absolute Gasteiger partial charge is 0.191 e. The molecule has 156 valence electrons. The Morgan fingerprint density at radius 2 is 2.11 bits per heavy atom. The number of halogens is 1. The second-order valence-corrected chi connectivity index (χ2v) is 7.96. The largest absolute Gasteiger partial charge is 0.377 e. The van der Waals surface area contributed by atoms with Crippen LogP contribution in [0.1, 0.15) is 32.4 Å². The number of anilines is 1. The van der Waals surface area contributed by atoms with E-state index in [0.29, 0.717) is 18.7 Å². The van der Waals surface area contributed by atoms with Gasteiger partial charge in [0.2, 0.25) is 0 Å². The van der Waals surface area contributed by atoms with Crippen LogP contribution in [-0.2, 0) is 11.3 Å². The second kappa shape index (κ2) is 12.7. The van der Waals surface area contributed by atoms with E-state index in [-0.39, 0.29) is 24.0 Å². The van der Waals surface area contributed by atoms with Crippen LogP contribution in [0.25, 0.3) is 0 Å². The van der Waals surface area contributed by atoms with Gasteiger partial charge in [-0.05, 0) is 26.7 Å². The quantitative estimate of drug-likeness (QED) is 0.318. The van der Waals surface area contributed by atoms with Crippen molar-refractivity contribution in [1.29, 1.82) is 0 Å². The summed E-state index contributed by atoms with van der Waals surface area (Å²) in [5.41, 5.74) is 1.04. The van der Waals surface area contributed by atoms with Crippen LogP contribution in [0, 0.1) is 0 Å². The van der Waals surface area contributed by atoms with E-state index < -0.39 is 0 Å². The molecule has 27 heavy (non-hydrogen) atoms. The number of likely N-dealkylation sites (tertiary alicyclic amines) is 1. The number of nitrogens with zero attached hydrogens (tertiary/aromatic N) is 4. The first-order valence-corrected chi connectivity index (χ1v) is 10.3. The summed E-state index contributed by atoms with van der Waals surface area (Å²) in [5, 5.41) is 10.0. The Bertz CT molecular complexity index is 558. The molecule has 0 saturated carbocycles. The van der Waals surface area contributed by atoms with Crippen LogP contribution in [0.3, 0.4) is 0 Å². The second-order valence-electron chi connectivity index (χ2n) is 7.12. The molecule has 0 aliphatic carbocycles. The van der Waals surface area contributed by atoms with E-state index in [0.717, 1.165) is 55.9 Å². The molecule has 9 heteroatoms. The van der Waals surface area contributed by atoms with Gasteiger partial charge < -0.3 is 25.2 Å². The van der Waals surface area contributed by atoms with Crippen molar-refractivity contribution >= 4 is 46.4 Å². The highest BCUT2D eigenvalue weighted by Gasteiger charge is 2.19. The lowest BCUT2D eigenvalue weighted by Gasteiger charge is -2.33. The Kier molecular flexibility index (Phi) is 11.5. The molecule has 0 radical (unpaired) electrons. The number of nitrogens with one attached hydrogen (secondary N) is 2. The van der Waals surface area contributed by atoms with E-state index in [1.165, 1.54) is 0 Å². The SMILES string of the molecule is CN=C(NCc1csc(N(C)C)n1)NC1CCN(CCOC(C)C)CC1.I. The van der Waals surface area contributed by atoms with Crippen molar-refractivity contribution in [3.63, 3.8) is 0 Å². The third kappa shape index (κ3) is 8.93. The van der Waals surface area contributed by atoms with Crippen molar-refractivity contribution in [2.75, 3.05) is 52.3 Å². The fraction of sp³-hybridized carbons (Fsp3) is 0.778. The maximum atomic E-state index is 5.65. The molecule has 1 aliphatic heterocycles. The zero-order valence-corrected chi connectivity index (χ0v) is 20.3. The lowest BCUT2D eigenvalue weighted by molar-refractivity contribution is 0.0532. The summed E-state index contributed by atoms with van der Waals surface area (Å²) in [4.78, 5) is 13.5. The van der Waals surface area contributed by atoms with E-state index in [4.69, 9.17) is 4.74 Å². The van der Waals surface area contributed by atoms with Crippen LogP contribution in [0.5, 0.6) is 0 Å². The summed E-state index contributed by atoms with van der Waals surface area (Å²) in [6, 6.07) is 0.469. The highest BCUT2D eigenvalue weighted by Crippen LogP contribution is 2.17. The molecule has 1 aliphatic rings. The van der Waals surface area contributed by atoms with Crippen molar-refractivity contribution in [3.8, 4) is 0 Å². The number of piperidine rings is 1.